The van der Waals surface area contributed by atoms with Crippen molar-refractivity contribution in [1.29, 1.82) is 0 Å². The number of hydrogen-bond acceptors (Lipinski definition) is 9. The van der Waals surface area contributed by atoms with E-state index in [4.69, 9.17) is 19.3 Å². The van der Waals surface area contributed by atoms with Crippen LogP contribution in [-0.4, -0.2) is 95.2 Å². The van der Waals surface area contributed by atoms with E-state index in [9.17, 15) is 19.8 Å². The summed E-state index contributed by atoms with van der Waals surface area (Å²) in [5.41, 5.74) is 2.10. The van der Waals surface area contributed by atoms with Gasteiger partial charge < -0.3 is 29.7 Å². The van der Waals surface area contributed by atoms with Gasteiger partial charge >= 0.3 is 5.97 Å². The van der Waals surface area contributed by atoms with E-state index >= 15 is 0 Å². The Morgan fingerprint density at radius 3 is 2.52 bits per heavy atom. The van der Waals surface area contributed by atoms with Crippen LogP contribution in [0.25, 0.3) is 0 Å². The molecule has 10 heteroatoms. The normalized spacial score (nSPS) is 35.2. The van der Waals surface area contributed by atoms with Gasteiger partial charge in [0, 0.05) is 29.7 Å². The zero-order chi connectivity index (χ0) is 32.8. The second kappa shape index (κ2) is 15.7. The maximum Gasteiger partial charge on any atom is 0.308 e. The summed E-state index contributed by atoms with van der Waals surface area (Å²) in [6.45, 7) is 16.6. The van der Waals surface area contributed by atoms with E-state index in [0.29, 0.717) is 12.8 Å². The van der Waals surface area contributed by atoms with Crippen molar-refractivity contribution in [2.75, 3.05) is 13.7 Å². The monoisotopic (exact) mass is 617 g/mol. The molecule has 0 spiro atoms. The molecule has 0 bridgehead atoms. The van der Waals surface area contributed by atoms with Gasteiger partial charge in [-0.05, 0) is 59.8 Å². The van der Waals surface area contributed by atoms with Gasteiger partial charge in [-0.25, -0.2) is 0 Å². The molecule has 10 atom stereocenters. The molecule has 1 amide bonds. The Kier molecular flexibility index (Phi) is 12.8. The number of nitrogens with zero attached hydrogens (tertiary/aromatic N) is 2. The van der Waals surface area contributed by atoms with Crippen LogP contribution in [0.5, 0.6) is 0 Å². The Bertz CT molecular complexity index is 1120. The van der Waals surface area contributed by atoms with Crippen LogP contribution < -0.4 is 5.32 Å². The molecule has 10 nitrogen and oxygen atoms in total. The van der Waals surface area contributed by atoms with Crippen LogP contribution in [0.4, 0.5) is 0 Å². The Hall–Kier alpha value is -2.53. The van der Waals surface area contributed by atoms with E-state index < -0.39 is 18.3 Å². The number of aliphatic hydroxyl groups excluding tert-OH is 2. The molecule has 2 saturated heterocycles. The Morgan fingerprint density at radius 1 is 1.20 bits per heavy atom. The third-order valence-corrected chi connectivity index (χ3v) is 9.94. The molecule has 0 aromatic heterocycles. The van der Waals surface area contributed by atoms with Crippen LogP contribution in [0.3, 0.4) is 0 Å². The van der Waals surface area contributed by atoms with Crippen LogP contribution in [0.2, 0.25) is 0 Å². The largest absolute Gasteiger partial charge is 0.469 e. The highest BCUT2D eigenvalue weighted by Crippen LogP contribution is 2.35. The van der Waals surface area contributed by atoms with Gasteiger partial charge in [0.15, 0.2) is 0 Å². The summed E-state index contributed by atoms with van der Waals surface area (Å²) in [4.78, 5) is 24.5. The van der Waals surface area contributed by atoms with Gasteiger partial charge in [-0.2, -0.15) is 5.10 Å². The molecule has 2 fully saturated rings. The first-order valence-corrected chi connectivity index (χ1v) is 16.0. The molecule has 0 aromatic carbocycles. The number of methoxy groups -OCH3 is 1. The van der Waals surface area contributed by atoms with Crippen molar-refractivity contribution in [1.82, 2.24) is 10.3 Å². The Morgan fingerprint density at radius 2 is 1.91 bits per heavy atom. The van der Waals surface area contributed by atoms with Gasteiger partial charge in [-0.3, -0.25) is 14.6 Å². The second-order valence-electron chi connectivity index (χ2n) is 13.5. The number of ether oxygens (including phenoxy) is 3. The summed E-state index contributed by atoms with van der Waals surface area (Å²) >= 11 is 0. The maximum absolute atomic E-state index is 12.8. The number of nitrogens with one attached hydrogen (secondary N) is 1. The number of amides is 1. The van der Waals surface area contributed by atoms with Crippen molar-refractivity contribution in [2.24, 2.45) is 22.4 Å². The quantitative estimate of drug-likeness (QED) is 0.181. The fourth-order valence-corrected chi connectivity index (χ4v) is 6.19. The van der Waals surface area contributed by atoms with Crippen LogP contribution in [0.15, 0.2) is 41.1 Å². The number of hydrogen-bond donors (Lipinski definition) is 3. The number of allylic oxidation sites excluding steroid dienone is 2. The van der Waals surface area contributed by atoms with E-state index in [-0.39, 0.29) is 72.5 Å². The van der Waals surface area contributed by atoms with Crippen LogP contribution in [-0.2, 0) is 23.8 Å². The standard InChI is InChI=1S/C34H55N3O7/c1-20(11-14-30-33(41)26(19-38)17-27(44-30)18-32(40)42-9)10-13-29-21(2)16-28(23(4)43-29)35-31(39)15-12-22(3)37-25(6)34(7,8)24(5)36-37/h10-12,14-15,21-23,25-30,33,38,41H,13,16-19H2,1-9H3,(H,35,39)/b14-11+,15-12-,20-10+/t21?,22?,23?,25?,26?,27-,28?,29?,30?,33-/m0/s1. The van der Waals surface area contributed by atoms with E-state index in [2.05, 4.69) is 57.9 Å². The minimum Gasteiger partial charge on any atom is -0.469 e. The molecule has 3 rings (SSSR count). The minimum atomic E-state index is -0.862. The predicted octanol–water partition coefficient (Wildman–Crippen LogP) is 3.92. The predicted molar refractivity (Wildman–Crippen MR) is 171 cm³/mol. The SMILES string of the molecule is COC(=O)C[C@@H]1CC(CO)[C@H](O)C(/C=C/C(C)=C/CC2OC(C)C(NC(=O)/C=C\C(C)N3N=C(C)C(C)(C)C3C)CC2C)O1. The van der Waals surface area contributed by atoms with Crippen molar-refractivity contribution in [3.63, 3.8) is 0 Å². The lowest BCUT2D eigenvalue weighted by Gasteiger charge is -2.39. The van der Waals surface area contributed by atoms with Crippen molar-refractivity contribution in [3.05, 3.63) is 36.0 Å². The summed E-state index contributed by atoms with van der Waals surface area (Å²) in [5, 5.41) is 30.3. The van der Waals surface area contributed by atoms with Crippen molar-refractivity contribution in [3.8, 4) is 0 Å². The van der Waals surface area contributed by atoms with Gasteiger partial charge in [0.05, 0.1) is 56.1 Å². The molecule has 3 heterocycles. The Balaban J connectivity index is 1.50. The highest BCUT2D eigenvalue weighted by Gasteiger charge is 2.40. The van der Waals surface area contributed by atoms with Gasteiger partial charge in [0.25, 0.3) is 0 Å². The lowest BCUT2D eigenvalue weighted by molar-refractivity contribution is -0.158. The number of hydrazone groups is 1. The highest BCUT2D eigenvalue weighted by atomic mass is 16.5. The summed E-state index contributed by atoms with van der Waals surface area (Å²) in [6.07, 6.45) is 9.27. The minimum absolute atomic E-state index is 0.00258. The summed E-state index contributed by atoms with van der Waals surface area (Å²) in [5.74, 6) is -0.639. The third-order valence-electron chi connectivity index (χ3n) is 9.94. The summed E-state index contributed by atoms with van der Waals surface area (Å²) in [7, 11) is 1.33. The third kappa shape index (κ3) is 9.02. The van der Waals surface area contributed by atoms with Crippen molar-refractivity contribution >= 4 is 17.6 Å². The molecule has 0 aromatic rings. The van der Waals surface area contributed by atoms with E-state index in [1.54, 1.807) is 12.2 Å². The fourth-order valence-electron chi connectivity index (χ4n) is 6.19. The molecule has 8 unspecified atom stereocenters. The van der Waals surface area contributed by atoms with Crippen molar-refractivity contribution in [2.45, 2.75) is 130 Å². The number of esters is 1. The lowest BCUT2D eigenvalue weighted by atomic mass is 9.82. The summed E-state index contributed by atoms with van der Waals surface area (Å²) < 4.78 is 17.0. The molecule has 3 aliphatic rings. The zero-order valence-corrected chi connectivity index (χ0v) is 28.0. The van der Waals surface area contributed by atoms with E-state index in [1.165, 1.54) is 7.11 Å². The number of aliphatic hydroxyl groups is 2. The van der Waals surface area contributed by atoms with Gasteiger partial charge in [0.1, 0.15) is 6.10 Å². The molecule has 44 heavy (non-hydrogen) atoms. The van der Waals surface area contributed by atoms with Crippen LogP contribution in [0.1, 0.15) is 81.1 Å². The van der Waals surface area contributed by atoms with Gasteiger partial charge in [0.2, 0.25) is 5.91 Å². The van der Waals surface area contributed by atoms with Gasteiger partial charge in [-0.1, -0.05) is 50.6 Å². The molecule has 3 aliphatic heterocycles. The summed E-state index contributed by atoms with van der Waals surface area (Å²) in [6, 6.07) is 0.176. The topological polar surface area (TPSA) is 130 Å². The average Bonchev–Trinajstić information content (AvgIpc) is 3.19. The average molecular weight is 618 g/mol. The first kappa shape index (κ1) is 35.9. The molecular formula is C34H55N3O7. The molecular weight excluding hydrogens is 562 g/mol. The smallest absolute Gasteiger partial charge is 0.308 e. The highest BCUT2D eigenvalue weighted by molar-refractivity contribution is 5.89. The maximum atomic E-state index is 12.8. The molecule has 0 radical (unpaired) electrons. The first-order valence-electron chi connectivity index (χ1n) is 16.0. The number of carbonyl (C=O) groups excluding carboxylic acids is 2. The Labute approximate surface area is 263 Å². The van der Waals surface area contributed by atoms with E-state index in [1.807, 2.05) is 26.0 Å². The molecule has 248 valence electrons. The fraction of sp³-hybridized carbons (Fsp3) is 0.735. The first-order chi connectivity index (χ1) is 20.7. The molecule has 3 N–H and O–H groups in total. The number of carbonyl (C=O) groups is 2. The van der Waals surface area contributed by atoms with Crippen LogP contribution >= 0.6 is 0 Å². The second-order valence-corrected chi connectivity index (χ2v) is 13.5. The molecule has 0 saturated carbocycles. The van der Waals surface area contributed by atoms with Crippen molar-refractivity contribution < 1.29 is 34.0 Å². The lowest BCUT2D eigenvalue weighted by Crippen LogP contribution is -2.50. The zero-order valence-electron chi connectivity index (χ0n) is 28.0. The van der Waals surface area contributed by atoms with E-state index in [0.717, 1.165) is 17.7 Å². The van der Waals surface area contributed by atoms with Crippen LogP contribution in [0, 0.1) is 17.3 Å². The van der Waals surface area contributed by atoms with Gasteiger partial charge in [-0.15, -0.1) is 0 Å². The number of rotatable bonds is 11. The molecule has 0 aliphatic carbocycles.